The summed E-state index contributed by atoms with van der Waals surface area (Å²) in [6.07, 6.45) is 3.94. The summed E-state index contributed by atoms with van der Waals surface area (Å²) in [4.78, 5) is 2.52. The van der Waals surface area contributed by atoms with Crippen LogP contribution in [0.4, 0.5) is 0 Å². The highest BCUT2D eigenvalue weighted by atomic mass is 16.5. The van der Waals surface area contributed by atoms with Crippen molar-refractivity contribution in [2.24, 2.45) is 0 Å². The minimum absolute atomic E-state index is 0.647. The first-order valence-corrected chi connectivity index (χ1v) is 6.66. The summed E-state index contributed by atoms with van der Waals surface area (Å²) in [5.41, 5.74) is 0.972. The van der Waals surface area contributed by atoms with Gasteiger partial charge in [0.2, 0.25) is 0 Å². The van der Waals surface area contributed by atoms with Crippen molar-refractivity contribution >= 4 is 0 Å². The van der Waals surface area contributed by atoms with Gasteiger partial charge >= 0.3 is 0 Å². The highest BCUT2D eigenvalue weighted by Gasteiger charge is 2.22. The van der Waals surface area contributed by atoms with Gasteiger partial charge in [-0.3, -0.25) is 4.90 Å². The number of nitrogens with zero attached hydrogens (tertiary/aromatic N) is 2. The molecule has 0 bridgehead atoms. The van der Waals surface area contributed by atoms with E-state index in [-0.39, 0.29) is 0 Å². The Morgan fingerprint density at radius 2 is 2.41 bits per heavy atom. The second-order valence-electron chi connectivity index (χ2n) is 4.86. The van der Waals surface area contributed by atoms with Gasteiger partial charge in [0.1, 0.15) is 0 Å². The molecule has 0 aliphatic carbocycles. The highest BCUT2D eigenvalue weighted by molar-refractivity contribution is 5.03. The fraction of sp³-hybridized carbons (Fsp3) is 0.769. The Morgan fingerprint density at radius 1 is 1.53 bits per heavy atom. The molecule has 0 spiro atoms. The van der Waals surface area contributed by atoms with Crippen molar-refractivity contribution in [3.05, 3.63) is 17.5 Å². The third-order valence-electron chi connectivity index (χ3n) is 3.41. The molecule has 1 saturated heterocycles. The fourth-order valence-electron chi connectivity index (χ4n) is 2.50. The monoisotopic (exact) mass is 237 g/mol. The van der Waals surface area contributed by atoms with Gasteiger partial charge in [0.05, 0.1) is 12.2 Å². The lowest BCUT2D eigenvalue weighted by Gasteiger charge is -2.35. The number of rotatable bonds is 5. The van der Waals surface area contributed by atoms with Crippen LogP contribution in [0.2, 0.25) is 0 Å². The maximum atomic E-state index is 5.31. The Morgan fingerprint density at radius 3 is 3.12 bits per heavy atom. The average Bonchev–Trinajstić information content (AvgIpc) is 2.74. The van der Waals surface area contributed by atoms with Crippen molar-refractivity contribution in [3.8, 4) is 0 Å². The van der Waals surface area contributed by atoms with Gasteiger partial charge in [-0.15, -0.1) is 0 Å². The normalized spacial score (nSPS) is 21.9. The number of aryl methyl sites for hydroxylation is 1. The lowest BCUT2D eigenvalue weighted by atomic mass is 10.0. The fourth-order valence-corrected chi connectivity index (χ4v) is 2.50. The van der Waals surface area contributed by atoms with Crippen molar-refractivity contribution in [1.82, 2.24) is 15.4 Å². The minimum atomic E-state index is 0.647. The first kappa shape index (κ1) is 12.6. The molecule has 1 atom stereocenters. The molecule has 4 heteroatoms. The topological polar surface area (TPSA) is 41.3 Å². The van der Waals surface area contributed by atoms with Gasteiger partial charge in [-0.2, -0.15) is 0 Å². The van der Waals surface area contributed by atoms with Crippen LogP contribution in [-0.2, 0) is 6.54 Å². The molecule has 1 aliphatic heterocycles. The molecule has 0 saturated carbocycles. The predicted octanol–water partition coefficient (Wildman–Crippen LogP) is 1.95. The Labute approximate surface area is 103 Å². The molecule has 1 aromatic heterocycles. The summed E-state index contributed by atoms with van der Waals surface area (Å²) in [7, 11) is 0. The first-order valence-electron chi connectivity index (χ1n) is 6.66. The summed E-state index contributed by atoms with van der Waals surface area (Å²) in [5.74, 6) is 0.992. The van der Waals surface area contributed by atoms with E-state index in [0.29, 0.717) is 6.04 Å². The molecule has 1 fully saturated rings. The molecule has 0 radical (unpaired) electrons. The molecule has 4 nitrogen and oxygen atoms in total. The maximum Gasteiger partial charge on any atom is 0.150 e. The van der Waals surface area contributed by atoms with Crippen molar-refractivity contribution in [1.29, 1.82) is 0 Å². The maximum absolute atomic E-state index is 5.31. The molecule has 1 unspecified atom stereocenters. The average molecular weight is 237 g/mol. The van der Waals surface area contributed by atoms with Gasteiger partial charge < -0.3 is 9.84 Å². The lowest BCUT2D eigenvalue weighted by molar-refractivity contribution is 0.124. The zero-order valence-electron chi connectivity index (χ0n) is 10.9. The highest BCUT2D eigenvalue weighted by Crippen LogP contribution is 2.19. The summed E-state index contributed by atoms with van der Waals surface area (Å²) in [6.45, 7) is 8.34. The van der Waals surface area contributed by atoms with Gasteiger partial charge in [-0.1, -0.05) is 18.5 Å². The standard InChI is InChI=1S/C13H23N3O/c1-3-14-9-12-6-4-5-7-16(12)10-13-8-11(2)15-17-13/h8,12,14H,3-7,9-10H2,1-2H3. The molecule has 0 amide bonds. The van der Waals surface area contributed by atoms with Crippen LogP contribution < -0.4 is 5.32 Å². The smallest absolute Gasteiger partial charge is 0.150 e. The van der Waals surface area contributed by atoms with Crippen LogP contribution in [0.5, 0.6) is 0 Å². The zero-order chi connectivity index (χ0) is 12.1. The Kier molecular flexibility index (Phi) is 4.57. The molecular weight excluding hydrogens is 214 g/mol. The summed E-state index contributed by atoms with van der Waals surface area (Å²) in [5, 5.41) is 7.40. The number of hydrogen-bond donors (Lipinski definition) is 1. The van der Waals surface area contributed by atoms with Gasteiger partial charge in [-0.25, -0.2) is 0 Å². The Hall–Kier alpha value is -0.870. The predicted molar refractivity (Wildman–Crippen MR) is 67.8 cm³/mol. The van der Waals surface area contributed by atoms with Crippen molar-refractivity contribution in [2.45, 2.75) is 45.7 Å². The van der Waals surface area contributed by atoms with E-state index >= 15 is 0 Å². The molecule has 0 aromatic carbocycles. The van der Waals surface area contributed by atoms with Crippen molar-refractivity contribution < 1.29 is 4.52 Å². The van der Waals surface area contributed by atoms with Crippen LogP contribution in [0.3, 0.4) is 0 Å². The van der Waals surface area contributed by atoms with Crippen LogP contribution in [0.1, 0.15) is 37.6 Å². The van der Waals surface area contributed by atoms with Crippen LogP contribution in [0.25, 0.3) is 0 Å². The third kappa shape index (κ3) is 3.54. The first-order chi connectivity index (χ1) is 8.29. The van der Waals surface area contributed by atoms with E-state index in [9.17, 15) is 0 Å². The quantitative estimate of drug-likeness (QED) is 0.850. The second kappa shape index (κ2) is 6.17. The van der Waals surface area contributed by atoms with Crippen LogP contribution in [-0.4, -0.2) is 35.7 Å². The SMILES string of the molecule is CCNCC1CCCCN1Cc1cc(C)no1. The van der Waals surface area contributed by atoms with E-state index in [1.54, 1.807) is 0 Å². The van der Waals surface area contributed by atoms with Crippen LogP contribution in [0, 0.1) is 6.92 Å². The third-order valence-corrected chi connectivity index (χ3v) is 3.41. The van der Waals surface area contributed by atoms with Crippen LogP contribution >= 0.6 is 0 Å². The van der Waals surface area contributed by atoms with Crippen molar-refractivity contribution in [3.63, 3.8) is 0 Å². The van der Waals surface area contributed by atoms with E-state index in [1.165, 1.54) is 25.8 Å². The van der Waals surface area contributed by atoms with Gasteiger partial charge in [0, 0.05) is 18.7 Å². The minimum Gasteiger partial charge on any atom is -0.360 e. The molecule has 1 aliphatic rings. The molecule has 2 heterocycles. The number of nitrogens with one attached hydrogen (secondary N) is 1. The Balaban J connectivity index is 1.91. The van der Waals surface area contributed by atoms with Crippen molar-refractivity contribution in [2.75, 3.05) is 19.6 Å². The number of aromatic nitrogens is 1. The van der Waals surface area contributed by atoms with Gasteiger partial charge in [0.15, 0.2) is 5.76 Å². The lowest BCUT2D eigenvalue weighted by Crippen LogP contribution is -2.44. The van der Waals surface area contributed by atoms with E-state index in [1.807, 2.05) is 13.0 Å². The molecule has 17 heavy (non-hydrogen) atoms. The number of piperidine rings is 1. The molecule has 1 aromatic rings. The molecular formula is C13H23N3O. The number of hydrogen-bond acceptors (Lipinski definition) is 4. The van der Waals surface area contributed by atoms with E-state index < -0.39 is 0 Å². The summed E-state index contributed by atoms with van der Waals surface area (Å²) < 4.78 is 5.31. The van der Waals surface area contributed by atoms with E-state index in [0.717, 1.165) is 31.1 Å². The van der Waals surface area contributed by atoms with Gasteiger partial charge in [-0.05, 0) is 32.9 Å². The summed E-state index contributed by atoms with van der Waals surface area (Å²) >= 11 is 0. The van der Waals surface area contributed by atoms with Gasteiger partial charge in [0.25, 0.3) is 0 Å². The molecule has 1 N–H and O–H groups in total. The van der Waals surface area contributed by atoms with E-state index in [4.69, 9.17) is 4.52 Å². The van der Waals surface area contributed by atoms with Crippen LogP contribution in [0.15, 0.2) is 10.6 Å². The molecule has 2 rings (SSSR count). The zero-order valence-corrected chi connectivity index (χ0v) is 10.9. The Bertz CT molecular complexity index is 337. The number of likely N-dealkylation sites (N-methyl/N-ethyl adjacent to an activating group) is 1. The largest absolute Gasteiger partial charge is 0.360 e. The molecule has 96 valence electrons. The number of likely N-dealkylation sites (tertiary alicyclic amines) is 1. The van der Waals surface area contributed by atoms with E-state index in [2.05, 4.69) is 22.3 Å². The second-order valence-corrected chi connectivity index (χ2v) is 4.86. The summed E-state index contributed by atoms with van der Waals surface area (Å²) in [6, 6.07) is 2.69.